The van der Waals surface area contributed by atoms with Crippen molar-refractivity contribution in [2.24, 2.45) is 0 Å². The lowest BCUT2D eigenvalue weighted by atomic mass is 10.2. The Morgan fingerprint density at radius 1 is 1.12 bits per heavy atom. The van der Waals surface area contributed by atoms with E-state index in [-0.39, 0.29) is 18.4 Å². The predicted octanol–water partition coefficient (Wildman–Crippen LogP) is 1.54. The molecule has 1 saturated heterocycles. The summed E-state index contributed by atoms with van der Waals surface area (Å²) in [6.45, 7) is 1.73. The highest BCUT2D eigenvalue weighted by molar-refractivity contribution is 5.84. The van der Waals surface area contributed by atoms with Crippen molar-refractivity contribution >= 4 is 11.8 Å². The number of para-hydroxylation sites is 1. The van der Waals surface area contributed by atoms with E-state index in [2.05, 4.69) is 10.4 Å². The van der Waals surface area contributed by atoms with Gasteiger partial charge in [-0.3, -0.25) is 9.59 Å². The van der Waals surface area contributed by atoms with Crippen LogP contribution < -0.4 is 5.32 Å². The molecular formula is C18H22N4O2. The van der Waals surface area contributed by atoms with Crippen LogP contribution in [0.2, 0.25) is 0 Å². The Morgan fingerprint density at radius 2 is 1.88 bits per heavy atom. The van der Waals surface area contributed by atoms with Crippen LogP contribution in [0, 0.1) is 0 Å². The number of likely N-dealkylation sites (tertiary alicyclic amines) is 1. The monoisotopic (exact) mass is 326 g/mol. The quantitative estimate of drug-likeness (QED) is 0.876. The smallest absolute Gasteiger partial charge is 0.241 e. The lowest BCUT2D eigenvalue weighted by molar-refractivity contribution is -0.132. The lowest BCUT2D eigenvalue weighted by Gasteiger charge is -2.15. The van der Waals surface area contributed by atoms with Crippen molar-refractivity contribution < 1.29 is 9.59 Å². The summed E-state index contributed by atoms with van der Waals surface area (Å²) in [5, 5.41) is 7.03. The molecule has 1 aromatic carbocycles. The van der Waals surface area contributed by atoms with Gasteiger partial charge in [-0.1, -0.05) is 18.2 Å². The highest BCUT2D eigenvalue weighted by Crippen LogP contribution is 2.09. The van der Waals surface area contributed by atoms with Crippen molar-refractivity contribution in [3.63, 3.8) is 0 Å². The van der Waals surface area contributed by atoms with E-state index in [1.54, 1.807) is 10.9 Å². The molecule has 1 aromatic heterocycles. The molecule has 126 valence electrons. The van der Waals surface area contributed by atoms with Crippen molar-refractivity contribution in [2.75, 3.05) is 19.6 Å². The standard InChI is InChI=1S/C18H22N4O2/c23-17(19-13-18(24)21-10-4-5-11-21)9-8-15-12-20-22(14-15)16-6-2-1-3-7-16/h1-3,6-7,12,14H,4-5,8-11,13H2,(H,19,23). The Kier molecular flexibility index (Phi) is 5.25. The largest absolute Gasteiger partial charge is 0.347 e. The maximum atomic E-state index is 11.9. The number of hydrogen-bond donors (Lipinski definition) is 1. The summed E-state index contributed by atoms with van der Waals surface area (Å²) in [6, 6.07) is 9.84. The molecule has 6 nitrogen and oxygen atoms in total. The zero-order chi connectivity index (χ0) is 16.8. The van der Waals surface area contributed by atoms with Crippen LogP contribution in [0.4, 0.5) is 0 Å². The minimum atomic E-state index is -0.102. The highest BCUT2D eigenvalue weighted by Gasteiger charge is 2.18. The molecule has 0 bridgehead atoms. The molecular weight excluding hydrogens is 304 g/mol. The van der Waals surface area contributed by atoms with Gasteiger partial charge in [0.15, 0.2) is 0 Å². The van der Waals surface area contributed by atoms with Crippen LogP contribution in [-0.2, 0) is 16.0 Å². The topological polar surface area (TPSA) is 67.2 Å². The van der Waals surface area contributed by atoms with E-state index in [4.69, 9.17) is 0 Å². The molecule has 1 N–H and O–H groups in total. The van der Waals surface area contributed by atoms with Gasteiger partial charge in [-0.05, 0) is 37.0 Å². The molecule has 0 aliphatic carbocycles. The normalized spacial score (nSPS) is 13.9. The van der Waals surface area contributed by atoms with Gasteiger partial charge in [0.25, 0.3) is 0 Å². The Hall–Kier alpha value is -2.63. The Bertz CT molecular complexity index is 690. The number of aromatic nitrogens is 2. The molecule has 0 spiro atoms. The van der Waals surface area contributed by atoms with E-state index in [0.29, 0.717) is 12.8 Å². The number of aryl methyl sites for hydroxylation is 1. The fraction of sp³-hybridized carbons (Fsp3) is 0.389. The summed E-state index contributed by atoms with van der Waals surface area (Å²) in [5.41, 5.74) is 1.99. The van der Waals surface area contributed by atoms with Crippen molar-refractivity contribution in [2.45, 2.75) is 25.7 Å². The molecule has 1 fully saturated rings. The van der Waals surface area contributed by atoms with Crippen molar-refractivity contribution in [3.8, 4) is 5.69 Å². The second-order valence-corrected chi connectivity index (χ2v) is 5.99. The number of nitrogens with zero attached hydrogens (tertiary/aromatic N) is 3. The van der Waals surface area contributed by atoms with Crippen LogP contribution in [0.5, 0.6) is 0 Å². The second-order valence-electron chi connectivity index (χ2n) is 5.99. The number of rotatable bonds is 6. The molecule has 0 saturated carbocycles. The number of amides is 2. The van der Waals surface area contributed by atoms with Crippen molar-refractivity contribution in [1.82, 2.24) is 20.0 Å². The van der Waals surface area contributed by atoms with E-state index in [1.165, 1.54) is 0 Å². The Morgan fingerprint density at radius 3 is 2.62 bits per heavy atom. The first-order chi connectivity index (χ1) is 11.7. The van der Waals surface area contributed by atoms with Gasteiger partial charge >= 0.3 is 0 Å². The first-order valence-corrected chi connectivity index (χ1v) is 8.36. The van der Waals surface area contributed by atoms with Crippen LogP contribution in [-0.4, -0.2) is 46.1 Å². The zero-order valence-electron chi connectivity index (χ0n) is 13.6. The summed E-state index contributed by atoms with van der Waals surface area (Å²) in [4.78, 5) is 25.6. The maximum absolute atomic E-state index is 11.9. The van der Waals surface area contributed by atoms with Crippen LogP contribution in [0.1, 0.15) is 24.8 Å². The summed E-state index contributed by atoms with van der Waals surface area (Å²) in [7, 11) is 0. The fourth-order valence-corrected chi connectivity index (χ4v) is 2.81. The average Bonchev–Trinajstić information content (AvgIpc) is 3.30. The van der Waals surface area contributed by atoms with Crippen molar-refractivity contribution in [3.05, 3.63) is 48.3 Å². The molecule has 0 atom stereocenters. The van der Waals surface area contributed by atoms with Gasteiger partial charge in [0, 0.05) is 25.7 Å². The Labute approximate surface area is 141 Å². The maximum Gasteiger partial charge on any atom is 0.241 e. The van der Waals surface area contributed by atoms with Gasteiger partial charge in [0.2, 0.25) is 11.8 Å². The van der Waals surface area contributed by atoms with Gasteiger partial charge in [-0.25, -0.2) is 4.68 Å². The Balaban J connectivity index is 1.43. The van der Waals surface area contributed by atoms with Crippen LogP contribution >= 0.6 is 0 Å². The number of carbonyl (C=O) groups excluding carboxylic acids is 2. The van der Waals surface area contributed by atoms with E-state index in [1.807, 2.05) is 41.4 Å². The fourth-order valence-electron chi connectivity index (χ4n) is 2.81. The molecule has 1 aliphatic heterocycles. The number of hydrogen-bond acceptors (Lipinski definition) is 3. The molecule has 6 heteroatoms. The van der Waals surface area contributed by atoms with Gasteiger partial charge < -0.3 is 10.2 Å². The third kappa shape index (κ3) is 4.22. The molecule has 2 heterocycles. The SMILES string of the molecule is O=C(CCc1cnn(-c2ccccc2)c1)NCC(=O)N1CCCC1. The number of nitrogens with one attached hydrogen (secondary N) is 1. The highest BCUT2D eigenvalue weighted by atomic mass is 16.2. The van der Waals surface area contributed by atoms with E-state index in [0.717, 1.165) is 37.2 Å². The zero-order valence-corrected chi connectivity index (χ0v) is 13.6. The minimum Gasteiger partial charge on any atom is -0.347 e. The summed E-state index contributed by atoms with van der Waals surface area (Å²) < 4.78 is 1.80. The first kappa shape index (κ1) is 16.2. The molecule has 0 radical (unpaired) electrons. The lowest BCUT2D eigenvalue weighted by Crippen LogP contribution is -2.38. The van der Waals surface area contributed by atoms with E-state index in [9.17, 15) is 9.59 Å². The minimum absolute atomic E-state index is 0.0118. The van der Waals surface area contributed by atoms with Gasteiger partial charge in [-0.2, -0.15) is 5.10 Å². The third-order valence-electron chi connectivity index (χ3n) is 4.19. The van der Waals surface area contributed by atoms with Crippen LogP contribution in [0.3, 0.4) is 0 Å². The molecule has 1 aliphatic rings. The summed E-state index contributed by atoms with van der Waals surface area (Å²) in [6.07, 6.45) is 6.79. The molecule has 2 amide bonds. The molecule has 24 heavy (non-hydrogen) atoms. The molecule has 0 unspecified atom stereocenters. The second kappa shape index (κ2) is 7.77. The predicted molar refractivity (Wildman–Crippen MR) is 90.7 cm³/mol. The number of carbonyl (C=O) groups is 2. The van der Waals surface area contributed by atoms with E-state index >= 15 is 0 Å². The van der Waals surface area contributed by atoms with Crippen molar-refractivity contribution in [1.29, 1.82) is 0 Å². The average molecular weight is 326 g/mol. The molecule has 3 rings (SSSR count). The van der Waals surface area contributed by atoms with Crippen LogP contribution in [0.15, 0.2) is 42.7 Å². The number of benzene rings is 1. The van der Waals surface area contributed by atoms with Gasteiger partial charge in [0.05, 0.1) is 18.4 Å². The van der Waals surface area contributed by atoms with Gasteiger partial charge in [-0.15, -0.1) is 0 Å². The summed E-state index contributed by atoms with van der Waals surface area (Å²) >= 11 is 0. The van der Waals surface area contributed by atoms with Crippen LogP contribution in [0.25, 0.3) is 5.69 Å². The molecule has 2 aromatic rings. The van der Waals surface area contributed by atoms with E-state index < -0.39 is 0 Å². The van der Waals surface area contributed by atoms with Gasteiger partial charge in [0.1, 0.15) is 0 Å². The summed E-state index contributed by atoms with van der Waals surface area (Å²) in [5.74, 6) is -0.0900. The third-order valence-corrected chi connectivity index (χ3v) is 4.19. The first-order valence-electron chi connectivity index (χ1n) is 8.36.